The van der Waals surface area contributed by atoms with Gasteiger partial charge in [-0.1, -0.05) is 68.5 Å². The van der Waals surface area contributed by atoms with E-state index in [4.69, 9.17) is 4.74 Å². The van der Waals surface area contributed by atoms with Crippen molar-refractivity contribution in [2.75, 3.05) is 10.6 Å². The summed E-state index contributed by atoms with van der Waals surface area (Å²) in [4.78, 5) is 12.3. The van der Waals surface area contributed by atoms with E-state index < -0.39 is 0 Å². The minimum Gasteiger partial charge on any atom is -0.489 e. The van der Waals surface area contributed by atoms with Crippen molar-refractivity contribution < 1.29 is 9.53 Å². The smallest absolute Gasteiger partial charge is 0.224 e. The highest BCUT2D eigenvalue weighted by molar-refractivity contribution is 5.91. The van der Waals surface area contributed by atoms with Gasteiger partial charge in [-0.3, -0.25) is 4.79 Å². The number of allylic oxidation sites excluding steroid dienone is 2. The van der Waals surface area contributed by atoms with Gasteiger partial charge in [0.15, 0.2) is 0 Å². The average Bonchev–Trinajstić information content (AvgIpc) is 3.33. The quantitative estimate of drug-likeness (QED) is 0.377. The Morgan fingerprint density at radius 2 is 1.85 bits per heavy atom. The number of nitrogens with one attached hydrogen (secondary N) is 2. The van der Waals surface area contributed by atoms with Crippen LogP contribution in [0.3, 0.4) is 0 Å². The maximum atomic E-state index is 12.3. The first-order chi connectivity index (χ1) is 16.6. The molecule has 4 nitrogen and oxygen atoms in total. The third kappa shape index (κ3) is 4.86. The Labute approximate surface area is 202 Å². The van der Waals surface area contributed by atoms with E-state index in [2.05, 4.69) is 85.2 Å². The average molecular weight is 453 g/mol. The molecule has 1 amide bonds. The van der Waals surface area contributed by atoms with E-state index in [9.17, 15) is 4.79 Å². The molecule has 1 heterocycles. The Morgan fingerprint density at radius 1 is 1.06 bits per heavy atom. The highest BCUT2D eigenvalue weighted by atomic mass is 16.5. The Bertz CT molecular complexity index is 1170. The highest BCUT2D eigenvalue weighted by Crippen LogP contribution is 2.50. The number of carbonyl (C=O) groups excluding carboxylic acids is 1. The van der Waals surface area contributed by atoms with Crippen molar-refractivity contribution in [1.82, 2.24) is 0 Å². The second-order valence-electron chi connectivity index (χ2n) is 9.77. The topological polar surface area (TPSA) is 50.4 Å². The zero-order valence-electron chi connectivity index (χ0n) is 19.8. The molecule has 2 aliphatic rings. The molecule has 174 valence electrons. The molecule has 0 radical (unpaired) electrons. The maximum Gasteiger partial charge on any atom is 0.224 e. The van der Waals surface area contributed by atoms with Gasteiger partial charge in [0.2, 0.25) is 5.91 Å². The molecular formula is C30H32N2O2. The van der Waals surface area contributed by atoms with Crippen LogP contribution in [-0.2, 0) is 11.4 Å². The fraction of sp³-hybridized carbons (Fsp3) is 0.300. The molecule has 0 fully saturated rings. The SMILES string of the molecule is CC(C)CC(=O)Nc1ccc2c(c1)C1C=CCC1C(c1ccc(OCc3ccccc3)cc1)N2. The van der Waals surface area contributed by atoms with Crippen LogP contribution < -0.4 is 15.4 Å². The van der Waals surface area contributed by atoms with Crippen molar-refractivity contribution in [3.8, 4) is 5.75 Å². The molecule has 0 aromatic heterocycles. The van der Waals surface area contributed by atoms with Crippen molar-refractivity contribution in [3.63, 3.8) is 0 Å². The minimum atomic E-state index is 0.0738. The van der Waals surface area contributed by atoms with Crippen LogP contribution in [0.4, 0.5) is 11.4 Å². The largest absolute Gasteiger partial charge is 0.489 e. The predicted octanol–water partition coefficient (Wildman–Crippen LogP) is 7.08. The summed E-state index contributed by atoms with van der Waals surface area (Å²) in [7, 11) is 0. The normalized spacial score (nSPS) is 20.4. The van der Waals surface area contributed by atoms with Crippen LogP contribution in [0, 0.1) is 11.8 Å². The number of anilines is 2. The minimum absolute atomic E-state index is 0.0738. The van der Waals surface area contributed by atoms with Gasteiger partial charge >= 0.3 is 0 Å². The van der Waals surface area contributed by atoms with Gasteiger partial charge in [-0.2, -0.15) is 0 Å². The van der Waals surface area contributed by atoms with Crippen molar-refractivity contribution >= 4 is 17.3 Å². The zero-order valence-corrected chi connectivity index (χ0v) is 19.8. The Hall–Kier alpha value is -3.53. The molecule has 34 heavy (non-hydrogen) atoms. The van der Waals surface area contributed by atoms with Gasteiger partial charge in [-0.05, 0) is 65.3 Å². The fourth-order valence-corrected chi connectivity index (χ4v) is 5.10. The van der Waals surface area contributed by atoms with Gasteiger partial charge in [0.1, 0.15) is 12.4 Å². The van der Waals surface area contributed by atoms with Crippen molar-refractivity contribution in [2.24, 2.45) is 11.8 Å². The summed E-state index contributed by atoms with van der Waals surface area (Å²) in [6.45, 7) is 4.69. The highest BCUT2D eigenvalue weighted by Gasteiger charge is 2.38. The van der Waals surface area contributed by atoms with Crippen molar-refractivity contribution in [2.45, 2.75) is 45.3 Å². The summed E-state index contributed by atoms with van der Waals surface area (Å²) < 4.78 is 5.98. The number of hydrogen-bond donors (Lipinski definition) is 2. The molecule has 1 aliphatic heterocycles. The number of carbonyl (C=O) groups is 1. The molecule has 4 heteroatoms. The third-order valence-corrected chi connectivity index (χ3v) is 6.73. The molecule has 0 saturated heterocycles. The fourth-order valence-electron chi connectivity index (χ4n) is 5.10. The summed E-state index contributed by atoms with van der Waals surface area (Å²) in [5.41, 5.74) is 5.72. The Balaban J connectivity index is 1.31. The maximum absolute atomic E-state index is 12.3. The third-order valence-electron chi connectivity index (χ3n) is 6.73. The first-order valence-electron chi connectivity index (χ1n) is 12.2. The van der Waals surface area contributed by atoms with E-state index in [1.165, 1.54) is 11.1 Å². The molecule has 1 aliphatic carbocycles. The number of hydrogen-bond acceptors (Lipinski definition) is 3. The Morgan fingerprint density at radius 3 is 2.62 bits per heavy atom. The number of ether oxygens (including phenoxy) is 1. The summed E-state index contributed by atoms with van der Waals surface area (Å²) in [5.74, 6) is 2.09. The molecule has 0 spiro atoms. The monoisotopic (exact) mass is 452 g/mol. The molecule has 5 rings (SSSR count). The lowest BCUT2D eigenvalue weighted by molar-refractivity contribution is -0.116. The lowest BCUT2D eigenvalue weighted by atomic mass is 9.77. The van der Waals surface area contributed by atoms with Crippen LogP contribution >= 0.6 is 0 Å². The standard InChI is InChI=1S/C30H32N2O2/c1-20(2)17-29(33)31-23-13-16-28-27(18-23)25-9-6-10-26(25)30(32-28)22-11-14-24(15-12-22)34-19-21-7-4-3-5-8-21/h3-9,11-16,18,20,25-26,30,32H,10,17,19H2,1-2H3,(H,31,33). The number of fused-ring (bicyclic) bond motifs is 3. The van der Waals surface area contributed by atoms with E-state index in [1.54, 1.807) is 0 Å². The van der Waals surface area contributed by atoms with E-state index in [1.807, 2.05) is 24.3 Å². The number of benzene rings is 3. The molecule has 2 N–H and O–H groups in total. The van der Waals surface area contributed by atoms with Gasteiger partial charge < -0.3 is 15.4 Å². The summed E-state index contributed by atoms with van der Waals surface area (Å²) in [5, 5.41) is 6.85. The summed E-state index contributed by atoms with van der Waals surface area (Å²) in [6.07, 6.45) is 6.20. The molecule has 3 aromatic carbocycles. The van der Waals surface area contributed by atoms with Crippen LogP contribution in [0.15, 0.2) is 84.9 Å². The molecular weight excluding hydrogens is 420 g/mol. The van der Waals surface area contributed by atoms with Crippen LogP contribution in [0.2, 0.25) is 0 Å². The lowest BCUT2D eigenvalue weighted by Gasteiger charge is -2.37. The predicted molar refractivity (Wildman–Crippen MR) is 138 cm³/mol. The second kappa shape index (κ2) is 9.76. The first kappa shape index (κ1) is 22.3. The van der Waals surface area contributed by atoms with Gasteiger partial charge in [-0.25, -0.2) is 0 Å². The van der Waals surface area contributed by atoms with Crippen LogP contribution in [0.1, 0.15) is 55.3 Å². The molecule has 3 atom stereocenters. The molecule has 0 saturated carbocycles. The van der Waals surface area contributed by atoms with Gasteiger partial charge in [0, 0.05) is 23.7 Å². The Kier molecular flexibility index (Phi) is 6.39. The van der Waals surface area contributed by atoms with Gasteiger partial charge in [0.25, 0.3) is 0 Å². The summed E-state index contributed by atoms with van der Waals surface area (Å²) >= 11 is 0. The van der Waals surface area contributed by atoms with E-state index in [0.29, 0.717) is 30.8 Å². The molecule has 0 bridgehead atoms. The van der Waals surface area contributed by atoms with Crippen LogP contribution in [-0.4, -0.2) is 5.91 Å². The van der Waals surface area contributed by atoms with Gasteiger partial charge in [-0.15, -0.1) is 0 Å². The van der Waals surface area contributed by atoms with Crippen LogP contribution in [0.25, 0.3) is 0 Å². The van der Waals surface area contributed by atoms with Gasteiger partial charge in [0.05, 0.1) is 6.04 Å². The van der Waals surface area contributed by atoms with E-state index >= 15 is 0 Å². The van der Waals surface area contributed by atoms with Crippen molar-refractivity contribution in [1.29, 1.82) is 0 Å². The zero-order chi connectivity index (χ0) is 23.5. The van der Waals surface area contributed by atoms with E-state index in [0.717, 1.165) is 29.1 Å². The second-order valence-corrected chi connectivity index (χ2v) is 9.77. The lowest BCUT2D eigenvalue weighted by Crippen LogP contribution is -2.29. The summed E-state index contributed by atoms with van der Waals surface area (Å²) in [6, 6.07) is 25.2. The molecule has 3 aromatic rings. The number of rotatable bonds is 7. The molecule has 3 unspecified atom stereocenters. The first-order valence-corrected chi connectivity index (χ1v) is 12.2. The van der Waals surface area contributed by atoms with Crippen molar-refractivity contribution in [3.05, 3.63) is 102 Å². The van der Waals surface area contributed by atoms with E-state index in [-0.39, 0.29) is 11.9 Å². The number of amides is 1. The van der Waals surface area contributed by atoms with Crippen LogP contribution in [0.5, 0.6) is 5.75 Å².